The Bertz CT molecular complexity index is 1410. The molecule has 0 spiro atoms. The maximum absolute atomic E-state index is 7.38. The van der Waals surface area contributed by atoms with Gasteiger partial charge in [-0.3, -0.25) is 9.05 Å². The van der Waals surface area contributed by atoms with Crippen LogP contribution in [0.4, 0.5) is 0 Å². The van der Waals surface area contributed by atoms with E-state index in [-0.39, 0.29) is 0 Å². The summed E-state index contributed by atoms with van der Waals surface area (Å²) >= 11 is 0. The average molecular weight is 651 g/mol. The van der Waals surface area contributed by atoms with Gasteiger partial charge in [0.2, 0.25) is 0 Å². The molecule has 2 heterocycles. The van der Waals surface area contributed by atoms with E-state index < -0.39 is 37.8 Å². The van der Waals surface area contributed by atoms with Crippen LogP contribution in [0.25, 0.3) is 0 Å². The van der Waals surface area contributed by atoms with E-state index in [1.807, 2.05) is 86.6 Å². The summed E-state index contributed by atoms with van der Waals surface area (Å²) in [6.45, 7) is 11.0. The van der Waals surface area contributed by atoms with Gasteiger partial charge in [0.1, 0.15) is 12.2 Å². The Morgan fingerprint density at radius 3 is 1.40 bits per heavy atom. The van der Waals surface area contributed by atoms with E-state index >= 15 is 0 Å². The van der Waals surface area contributed by atoms with Crippen molar-refractivity contribution in [2.75, 3.05) is 6.61 Å². The molecule has 0 aromatic heterocycles. The van der Waals surface area contributed by atoms with E-state index in [0.29, 0.717) is 12.5 Å². The first kappa shape index (κ1) is 33.7. The molecule has 0 amide bonds. The van der Waals surface area contributed by atoms with Crippen molar-refractivity contribution in [2.45, 2.75) is 83.1 Å². The molecular weight excluding hydrogens is 603 g/mol. The lowest BCUT2D eigenvalue weighted by Crippen LogP contribution is -2.53. The molecule has 4 aromatic rings. The lowest BCUT2D eigenvalue weighted by Gasteiger charge is -2.41. The zero-order valence-corrected chi connectivity index (χ0v) is 29.1. The van der Waals surface area contributed by atoms with Crippen LogP contribution in [0, 0.1) is 5.92 Å². The second kappa shape index (κ2) is 14.5. The number of benzene rings is 4. The lowest BCUT2D eigenvalue weighted by atomic mass is 9.72. The molecule has 2 aliphatic rings. The molecule has 0 bridgehead atoms. The molecule has 0 radical (unpaired) electrons. The second-order valence-corrected chi connectivity index (χ2v) is 14.5. The van der Waals surface area contributed by atoms with Gasteiger partial charge in [0.25, 0.3) is 0 Å². The summed E-state index contributed by atoms with van der Waals surface area (Å²) in [5.74, 6) is -0.437. The summed E-state index contributed by atoms with van der Waals surface area (Å²) in [4.78, 5) is 0. The van der Waals surface area contributed by atoms with Crippen LogP contribution >= 0.6 is 8.60 Å². The molecule has 2 saturated heterocycles. The van der Waals surface area contributed by atoms with Gasteiger partial charge in [-0.15, -0.1) is 0 Å². The monoisotopic (exact) mass is 650 g/mol. The predicted octanol–water partition coefficient (Wildman–Crippen LogP) is 10.5. The van der Waals surface area contributed by atoms with Crippen LogP contribution in [0.5, 0.6) is 0 Å². The number of fused-ring (bicyclic) bond motifs is 1. The van der Waals surface area contributed by atoms with Gasteiger partial charge in [-0.25, -0.2) is 0 Å². The van der Waals surface area contributed by atoms with Crippen LogP contribution in [-0.4, -0.2) is 24.6 Å². The van der Waals surface area contributed by atoms with Crippen LogP contribution in [-0.2, 0) is 34.2 Å². The molecule has 0 saturated carbocycles. The molecule has 4 aromatic carbocycles. The van der Waals surface area contributed by atoms with Crippen molar-refractivity contribution in [1.82, 2.24) is 0 Å². The molecule has 2 aliphatic heterocycles. The highest BCUT2D eigenvalue weighted by Gasteiger charge is 2.67. The van der Waals surface area contributed by atoms with Gasteiger partial charge >= 0.3 is 8.60 Å². The maximum atomic E-state index is 7.38. The molecular formula is C41H47O5P. The number of hydrogen-bond donors (Lipinski definition) is 0. The van der Waals surface area contributed by atoms with Gasteiger partial charge < -0.3 is 14.0 Å². The Morgan fingerprint density at radius 1 is 0.660 bits per heavy atom. The molecule has 0 N–H and O–H groups in total. The van der Waals surface area contributed by atoms with E-state index in [1.165, 1.54) is 5.57 Å². The molecule has 5 nitrogen and oxygen atoms in total. The van der Waals surface area contributed by atoms with Gasteiger partial charge in [-0.2, -0.15) is 0 Å². The zero-order valence-electron chi connectivity index (χ0n) is 28.2. The van der Waals surface area contributed by atoms with Crippen molar-refractivity contribution >= 4 is 8.60 Å². The Morgan fingerprint density at radius 2 is 1.04 bits per heavy atom. The quantitative estimate of drug-likeness (QED) is 0.119. The number of rotatable bonds is 11. The van der Waals surface area contributed by atoms with Crippen molar-refractivity contribution in [1.29, 1.82) is 0 Å². The van der Waals surface area contributed by atoms with Crippen molar-refractivity contribution < 1.29 is 23.0 Å². The van der Waals surface area contributed by atoms with E-state index in [0.717, 1.165) is 41.5 Å². The molecule has 3 atom stereocenters. The number of ether oxygens (including phenoxy) is 2. The molecule has 2 fully saturated rings. The Labute approximate surface area is 281 Å². The number of hydrogen-bond acceptors (Lipinski definition) is 5. The van der Waals surface area contributed by atoms with Gasteiger partial charge in [-0.05, 0) is 75.1 Å². The first-order valence-electron chi connectivity index (χ1n) is 16.8. The first-order valence-corrected chi connectivity index (χ1v) is 17.9. The normalized spacial score (nSPS) is 22.1. The molecule has 47 heavy (non-hydrogen) atoms. The van der Waals surface area contributed by atoms with Crippen LogP contribution in [0.15, 0.2) is 133 Å². The zero-order chi connectivity index (χ0) is 32.9. The predicted molar refractivity (Wildman–Crippen MR) is 189 cm³/mol. The average Bonchev–Trinajstić information content (AvgIpc) is 3.37. The third-order valence-corrected chi connectivity index (χ3v) is 10.4. The summed E-state index contributed by atoms with van der Waals surface area (Å²) in [5, 5.41) is 0. The Balaban J connectivity index is 1.52. The van der Waals surface area contributed by atoms with Crippen LogP contribution in [0.1, 0.15) is 76.1 Å². The Kier molecular flexibility index (Phi) is 10.4. The first-order chi connectivity index (χ1) is 22.7. The molecule has 0 unspecified atom stereocenters. The fourth-order valence-electron chi connectivity index (χ4n) is 6.84. The third kappa shape index (κ3) is 7.03. The summed E-state index contributed by atoms with van der Waals surface area (Å²) < 4.78 is 35.6. The highest BCUT2D eigenvalue weighted by atomic mass is 31.2. The van der Waals surface area contributed by atoms with Gasteiger partial charge in [0, 0.05) is 0 Å². The fraction of sp³-hybridized carbons (Fsp3) is 0.366. The SMILES string of the molecule is CC(C)=CCC[C@@H](C)CCOP1OC(c2ccccc2)(c2ccccc2)[C@@H]2OC(C)(C)O[C@H]2C(c2ccccc2)(c2ccccc2)O1. The largest absolute Gasteiger partial charge is 0.341 e. The smallest absolute Gasteiger partial charge is 0.335 e. The highest BCUT2D eigenvalue weighted by Crippen LogP contribution is 2.65. The van der Waals surface area contributed by atoms with E-state index in [9.17, 15) is 0 Å². The summed E-state index contributed by atoms with van der Waals surface area (Å²) in [6, 6.07) is 41.3. The molecule has 0 aliphatic carbocycles. The van der Waals surface area contributed by atoms with E-state index in [1.54, 1.807) is 0 Å². The minimum Gasteiger partial charge on any atom is -0.341 e. The molecule has 246 valence electrons. The van der Waals surface area contributed by atoms with E-state index in [2.05, 4.69) is 75.4 Å². The maximum Gasteiger partial charge on any atom is 0.335 e. The summed E-state index contributed by atoms with van der Waals surface area (Å²) in [5.41, 5.74) is 2.96. The van der Waals surface area contributed by atoms with Gasteiger partial charge in [0.05, 0.1) is 6.61 Å². The summed E-state index contributed by atoms with van der Waals surface area (Å²) in [6.07, 6.45) is 4.15. The molecule has 6 rings (SSSR count). The second-order valence-electron chi connectivity index (χ2n) is 13.4. The highest BCUT2D eigenvalue weighted by molar-refractivity contribution is 7.41. The van der Waals surface area contributed by atoms with Gasteiger partial charge in [0.15, 0.2) is 17.0 Å². The minimum absolute atomic E-state index is 0.487. The topological polar surface area (TPSA) is 46.2 Å². The summed E-state index contributed by atoms with van der Waals surface area (Å²) in [7, 11) is -1.95. The van der Waals surface area contributed by atoms with Gasteiger partial charge in [-0.1, -0.05) is 140 Å². The lowest BCUT2D eigenvalue weighted by molar-refractivity contribution is -0.176. The van der Waals surface area contributed by atoms with Crippen molar-refractivity contribution in [3.8, 4) is 0 Å². The Hall–Kier alpha value is -3.15. The molecule has 6 heteroatoms. The minimum atomic E-state index is -1.95. The van der Waals surface area contributed by atoms with Crippen molar-refractivity contribution in [2.24, 2.45) is 5.92 Å². The van der Waals surface area contributed by atoms with Crippen LogP contribution in [0.3, 0.4) is 0 Å². The van der Waals surface area contributed by atoms with Crippen molar-refractivity contribution in [3.63, 3.8) is 0 Å². The van der Waals surface area contributed by atoms with Crippen LogP contribution in [0.2, 0.25) is 0 Å². The van der Waals surface area contributed by atoms with Crippen LogP contribution < -0.4 is 0 Å². The number of allylic oxidation sites excluding steroid dienone is 2. The van der Waals surface area contributed by atoms with Crippen molar-refractivity contribution in [3.05, 3.63) is 155 Å². The fourth-order valence-corrected chi connectivity index (χ4v) is 8.34. The third-order valence-electron chi connectivity index (χ3n) is 9.16. The van der Waals surface area contributed by atoms with E-state index in [4.69, 9.17) is 23.0 Å². The standard InChI is InChI=1S/C41H47O5P/c1-31(2)19-18-20-32(3)29-30-42-47-45-40(33-21-10-6-11-22-33,34-23-12-7-13-24-34)37-38(44-39(4,5)43-37)41(46-47,35-25-14-8-15-26-35)36-27-16-9-17-28-36/h6-17,19,21-28,32,37-38H,18,20,29-30H2,1-5H3/t32-,37-,38-/m1/s1.